The molecule has 2 aliphatic heterocycles. The lowest BCUT2D eigenvalue weighted by molar-refractivity contribution is -0.158. The highest BCUT2D eigenvalue weighted by Crippen LogP contribution is 2.21. The molecule has 32 heavy (non-hydrogen) atoms. The van der Waals surface area contributed by atoms with E-state index in [0.717, 1.165) is 0 Å². The number of hydrogen-bond acceptors (Lipinski definition) is 3. The van der Waals surface area contributed by atoms with Gasteiger partial charge in [0.1, 0.15) is 11.6 Å². The summed E-state index contributed by atoms with van der Waals surface area (Å²) in [6.07, 6.45) is 1.11. The van der Waals surface area contributed by atoms with Crippen LogP contribution >= 0.6 is 0 Å². The van der Waals surface area contributed by atoms with Crippen molar-refractivity contribution < 1.29 is 23.2 Å². The summed E-state index contributed by atoms with van der Waals surface area (Å²) in [4.78, 5) is 42.4. The summed E-state index contributed by atoms with van der Waals surface area (Å²) in [5.41, 5.74) is 1.02. The summed E-state index contributed by atoms with van der Waals surface area (Å²) in [5.74, 6) is -1.96. The first-order chi connectivity index (χ1) is 15.4. The molecule has 0 spiro atoms. The van der Waals surface area contributed by atoms with E-state index < -0.39 is 17.6 Å². The smallest absolute Gasteiger partial charge is 0.321 e. The van der Waals surface area contributed by atoms with Gasteiger partial charge in [0.2, 0.25) is 0 Å². The molecule has 2 aliphatic rings. The zero-order valence-electron chi connectivity index (χ0n) is 17.5. The summed E-state index contributed by atoms with van der Waals surface area (Å²) in [6.45, 7) is 1.82. The zero-order chi connectivity index (χ0) is 22.7. The molecule has 0 radical (unpaired) electrons. The number of piperazine rings is 1. The minimum Gasteiger partial charge on any atom is -0.330 e. The second kappa shape index (κ2) is 9.33. The summed E-state index contributed by atoms with van der Waals surface area (Å²) < 4.78 is 26.7. The Morgan fingerprint density at radius 2 is 1.59 bits per heavy atom. The van der Waals surface area contributed by atoms with E-state index in [1.54, 1.807) is 28.0 Å². The van der Waals surface area contributed by atoms with Crippen LogP contribution in [0.25, 0.3) is 0 Å². The van der Waals surface area contributed by atoms with E-state index >= 15 is 0 Å². The van der Waals surface area contributed by atoms with Crippen molar-refractivity contribution in [2.45, 2.75) is 25.4 Å². The SMILES string of the molecule is O=C(Nc1cccc(F)c1)N1CCC(N2CCN(Cc3cccc(F)c3)C(=O)C2=O)CC1. The Balaban J connectivity index is 1.30. The first-order valence-corrected chi connectivity index (χ1v) is 10.6. The van der Waals surface area contributed by atoms with Crippen LogP contribution in [-0.2, 0) is 16.1 Å². The van der Waals surface area contributed by atoms with Crippen LogP contribution in [0.15, 0.2) is 48.5 Å². The normalized spacial score (nSPS) is 17.6. The first-order valence-electron chi connectivity index (χ1n) is 10.6. The van der Waals surface area contributed by atoms with E-state index in [1.807, 2.05) is 0 Å². The number of rotatable bonds is 4. The Kier molecular flexibility index (Phi) is 6.34. The highest BCUT2D eigenvalue weighted by atomic mass is 19.1. The van der Waals surface area contributed by atoms with E-state index in [1.165, 1.54) is 35.2 Å². The number of anilines is 1. The molecule has 0 aromatic heterocycles. The number of benzene rings is 2. The molecule has 2 fully saturated rings. The van der Waals surface area contributed by atoms with Crippen LogP contribution in [0.4, 0.5) is 19.3 Å². The predicted octanol–water partition coefficient (Wildman–Crippen LogP) is 2.83. The van der Waals surface area contributed by atoms with E-state index in [0.29, 0.717) is 50.3 Å². The number of nitrogens with zero attached hydrogens (tertiary/aromatic N) is 3. The summed E-state index contributed by atoms with van der Waals surface area (Å²) in [5, 5.41) is 2.67. The van der Waals surface area contributed by atoms with Gasteiger partial charge in [-0.05, 0) is 48.7 Å². The van der Waals surface area contributed by atoms with Crippen LogP contribution in [0.1, 0.15) is 18.4 Å². The van der Waals surface area contributed by atoms with Crippen LogP contribution in [0.2, 0.25) is 0 Å². The molecule has 1 N–H and O–H groups in total. The minimum atomic E-state index is -0.591. The first kappa shape index (κ1) is 21.7. The third kappa shape index (κ3) is 4.87. The maximum absolute atomic E-state index is 13.4. The largest absolute Gasteiger partial charge is 0.330 e. The molecule has 4 rings (SSSR count). The van der Waals surface area contributed by atoms with Crippen molar-refractivity contribution in [2.75, 3.05) is 31.5 Å². The molecule has 2 aromatic rings. The quantitative estimate of drug-likeness (QED) is 0.741. The summed E-state index contributed by atoms with van der Waals surface area (Å²) in [6, 6.07) is 11.2. The van der Waals surface area contributed by atoms with E-state index in [2.05, 4.69) is 5.32 Å². The Morgan fingerprint density at radius 1 is 0.906 bits per heavy atom. The number of carbonyl (C=O) groups excluding carboxylic acids is 3. The topological polar surface area (TPSA) is 73.0 Å². The highest BCUT2D eigenvalue weighted by Gasteiger charge is 2.38. The van der Waals surface area contributed by atoms with Gasteiger partial charge in [-0.25, -0.2) is 13.6 Å². The third-order valence-electron chi connectivity index (χ3n) is 5.87. The van der Waals surface area contributed by atoms with Crippen molar-refractivity contribution in [1.82, 2.24) is 14.7 Å². The number of halogens is 2. The highest BCUT2D eigenvalue weighted by molar-refractivity contribution is 6.35. The molecule has 2 heterocycles. The van der Waals surface area contributed by atoms with Crippen LogP contribution < -0.4 is 5.32 Å². The number of likely N-dealkylation sites (tertiary alicyclic amines) is 1. The predicted molar refractivity (Wildman–Crippen MR) is 114 cm³/mol. The second-order valence-electron chi connectivity index (χ2n) is 8.01. The molecule has 168 valence electrons. The molecular weight excluding hydrogens is 418 g/mol. The Labute approximate surface area is 184 Å². The van der Waals surface area contributed by atoms with E-state index in [4.69, 9.17) is 0 Å². The van der Waals surface area contributed by atoms with Gasteiger partial charge in [0.05, 0.1) is 0 Å². The fraction of sp³-hybridized carbons (Fsp3) is 0.348. The molecule has 0 atom stereocenters. The van der Waals surface area contributed by atoms with Gasteiger partial charge in [-0.2, -0.15) is 0 Å². The van der Waals surface area contributed by atoms with Gasteiger partial charge in [0.25, 0.3) is 0 Å². The lowest BCUT2D eigenvalue weighted by atomic mass is 10.0. The number of hydrogen-bond donors (Lipinski definition) is 1. The molecule has 4 amide bonds. The molecular formula is C23H24F2N4O3. The van der Waals surface area contributed by atoms with Gasteiger partial charge in [0, 0.05) is 44.5 Å². The molecule has 0 aliphatic carbocycles. The van der Waals surface area contributed by atoms with Gasteiger partial charge < -0.3 is 20.0 Å². The van der Waals surface area contributed by atoms with Crippen molar-refractivity contribution in [2.24, 2.45) is 0 Å². The molecule has 2 saturated heterocycles. The second-order valence-corrected chi connectivity index (χ2v) is 8.01. The standard InChI is InChI=1S/C23H24F2N4O3/c24-17-4-1-3-16(13-17)15-28-11-12-29(22(31)21(28)30)20-7-9-27(10-8-20)23(32)26-19-6-2-5-18(25)14-19/h1-6,13-14,20H,7-12,15H2,(H,26,32). The van der Waals surface area contributed by atoms with E-state index in [9.17, 15) is 23.2 Å². The monoisotopic (exact) mass is 442 g/mol. The van der Waals surface area contributed by atoms with Gasteiger partial charge >= 0.3 is 17.8 Å². The Morgan fingerprint density at radius 3 is 2.28 bits per heavy atom. The average Bonchev–Trinajstić information content (AvgIpc) is 2.77. The van der Waals surface area contributed by atoms with Gasteiger partial charge in [-0.15, -0.1) is 0 Å². The summed E-state index contributed by atoms with van der Waals surface area (Å²) >= 11 is 0. The molecule has 0 saturated carbocycles. The zero-order valence-corrected chi connectivity index (χ0v) is 17.5. The maximum atomic E-state index is 13.4. The maximum Gasteiger partial charge on any atom is 0.321 e. The summed E-state index contributed by atoms with van der Waals surface area (Å²) in [7, 11) is 0. The van der Waals surface area contributed by atoms with Crippen LogP contribution in [0.3, 0.4) is 0 Å². The van der Waals surface area contributed by atoms with Crippen LogP contribution in [0, 0.1) is 11.6 Å². The number of piperidine rings is 1. The van der Waals surface area contributed by atoms with Crippen molar-refractivity contribution in [1.29, 1.82) is 0 Å². The van der Waals surface area contributed by atoms with Crippen molar-refractivity contribution in [3.05, 3.63) is 65.7 Å². The number of urea groups is 1. The molecule has 2 aromatic carbocycles. The van der Waals surface area contributed by atoms with Gasteiger partial charge in [-0.1, -0.05) is 18.2 Å². The number of amides is 4. The number of nitrogens with one attached hydrogen (secondary N) is 1. The fourth-order valence-electron chi connectivity index (χ4n) is 4.19. The molecule has 0 bridgehead atoms. The van der Waals surface area contributed by atoms with Crippen molar-refractivity contribution in [3.63, 3.8) is 0 Å². The lowest BCUT2D eigenvalue weighted by Gasteiger charge is -2.42. The minimum absolute atomic E-state index is 0.124. The fourth-order valence-corrected chi connectivity index (χ4v) is 4.19. The van der Waals surface area contributed by atoms with Crippen molar-refractivity contribution >= 4 is 23.5 Å². The van der Waals surface area contributed by atoms with E-state index in [-0.39, 0.29) is 24.4 Å². The van der Waals surface area contributed by atoms with Crippen LogP contribution in [-0.4, -0.2) is 64.8 Å². The van der Waals surface area contributed by atoms with Gasteiger partial charge in [0.15, 0.2) is 0 Å². The Bertz CT molecular complexity index is 1020. The number of carbonyl (C=O) groups is 3. The molecule has 7 nitrogen and oxygen atoms in total. The third-order valence-corrected chi connectivity index (χ3v) is 5.87. The lowest BCUT2D eigenvalue weighted by Crippen LogP contribution is -2.59. The van der Waals surface area contributed by atoms with Gasteiger partial charge in [-0.3, -0.25) is 9.59 Å². The Hall–Kier alpha value is -3.49. The van der Waals surface area contributed by atoms with Crippen molar-refractivity contribution in [3.8, 4) is 0 Å². The molecule has 0 unspecified atom stereocenters. The average molecular weight is 442 g/mol. The van der Waals surface area contributed by atoms with Crippen LogP contribution in [0.5, 0.6) is 0 Å². The molecule has 9 heteroatoms.